The monoisotopic (exact) mass is 359 g/mol. The van der Waals surface area contributed by atoms with Crippen LogP contribution in [-0.4, -0.2) is 37.1 Å². The summed E-state index contributed by atoms with van der Waals surface area (Å²) in [5, 5.41) is 12.8. The summed E-state index contributed by atoms with van der Waals surface area (Å²) >= 11 is 0. The van der Waals surface area contributed by atoms with E-state index < -0.39 is 11.7 Å². The van der Waals surface area contributed by atoms with Crippen molar-refractivity contribution >= 4 is 6.09 Å². The highest BCUT2D eigenvalue weighted by molar-refractivity contribution is 5.72. The molecular formula is C20H25NO5. The molecule has 2 aromatic rings. The van der Waals surface area contributed by atoms with E-state index in [1.807, 2.05) is 30.3 Å². The molecule has 6 nitrogen and oxygen atoms in total. The first-order valence-electron chi connectivity index (χ1n) is 8.36. The standard InChI is InChI=1S/C20H25NO5/c1-20(2,3)26-19(23)21-11-12-25-18-10-9-14(13-16(18)22)15-7-5-6-8-17(15)24-4/h5-10,13,22H,11-12H2,1-4H3,(H,21,23). The summed E-state index contributed by atoms with van der Waals surface area (Å²) in [5.74, 6) is 1.09. The number of benzene rings is 2. The van der Waals surface area contributed by atoms with E-state index in [0.29, 0.717) is 5.75 Å². The predicted molar refractivity (Wildman–Crippen MR) is 99.8 cm³/mol. The van der Waals surface area contributed by atoms with Gasteiger partial charge in [0, 0.05) is 5.56 Å². The van der Waals surface area contributed by atoms with Crippen LogP contribution in [0.15, 0.2) is 42.5 Å². The average Bonchev–Trinajstić information content (AvgIpc) is 2.58. The lowest BCUT2D eigenvalue weighted by atomic mass is 10.0. The van der Waals surface area contributed by atoms with Gasteiger partial charge in [0.1, 0.15) is 18.0 Å². The second kappa shape index (κ2) is 8.47. The Labute approximate surface area is 153 Å². The normalized spacial score (nSPS) is 10.9. The number of aromatic hydroxyl groups is 1. The maximum Gasteiger partial charge on any atom is 0.407 e. The minimum Gasteiger partial charge on any atom is -0.504 e. The first kappa shape index (κ1) is 19.4. The quantitative estimate of drug-likeness (QED) is 0.763. The first-order chi connectivity index (χ1) is 12.3. The number of carbonyl (C=O) groups excluding carboxylic acids is 1. The van der Waals surface area contributed by atoms with Gasteiger partial charge in [0.2, 0.25) is 0 Å². The van der Waals surface area contributed by atoms with Gasteiger partial charge in [0.05, 0.1) is 13.7 Å². The zero-order valence-corrected chi connectivity index (χ0v) is 15.5. The topological polar surface area (TPSA) is 77.0 Å². The summed E-state index contributed by atoms with van der Waals surface area (Å²) < 4.78 is 16.0. The third-order valence-electron chi connectivity index (χ3n) is 3.40. The lowest BCUT2D eigenvalue weighted by Gasteiger charge is -2.19. The number of phenols is 1. The number of phenolic OH excluding ortho intramolecular Hbond substituents is 1. The lowest BCUT2D eigenvalue weighted by molar-refractivity contribution is 0.0520. The number of ether oxygens (including phenoxy) is 3. The minimum absolute atomic E-state index is 0.0191. The minimum atomic E-state index is -0.544. The molecule has 2 rings (SSSR count). The van der Waals surface area contributed by atoms with Gasteiger partial charge in [-0.3, -0.25) is 0 Å². The number of para-hydroxylation sites is 1. The number of hydrogen-bond donors (Lipinski definition) is 2. The number of alkyl carbamates (subject to hydrolysis) is 1. The van der Waals surface area contributed by atoms with E-state index in [9.17, 15) is 9.90 Å². The summed E-state index contributed by atoms with van der Waals surface area (Å²) in [6, 6.07) is 12.7. The highest BCUT2D eigenvalue weighted by atomic mass is 16.6. The fraction of sp³-hybridized carbons (Fsp3) is 0.350. The Morgan fingerprint density at radius 1 is 1.12 bits per heavy atom. The van der Waals surface area contributed by atoms with Gasteiger partial charge in [-0.05, 0) is 44.5 Å². The zero-order chi connectivity index (χ0) is 19.2. The van der Waals surface area contributed by atoms with Crippen LogP contribution in [0.5, 0.6) is 17.2 Å². The average molecular weight is 359 g/mol. The highest BCUT2D eigenvalue weighted by Gasteiger charge is 2.15. The molecule has 0 radical (unpaired) electrons. The van der Waals surface area contributed by atoms with Crippen molar-refractivity contribution < 1.29 is 24.1 Å². The molecule has 6 heteroatoms. The second-order valence-corrected chi connectivity index (χ2v) is 6.66. The van der Waals surface area contributed by atoms with Gasteiger partial charge < -0.3 is 24.6 Å². The van der Waals surface area contributed by atoms with Crippen molar-refractivity contribution in [1.29, 1.82) is 0 Å². The molecule has 0 aromatic heterocycles. The highest BCUT2D eigenvalue weighted by Crippen LogP contribution is 2.35. The molecule has 0 aliphatic carbocycles. The summed E-state index contributed by atoms with van der Waals surface area (Å²) in [5.41, 5.74) is 1.15. The Hall–Kier alpha value is -2.89. The molecule has 0 saturated heterocycles. The maximum absolute atomic E-state index is 11.5. The summed E-state index contributed by atoms with van der Waals surface area (Å²) in [4.78, 5) is 11.5. The molecule has 0 aliphatic heterocycles. The molecule has 0 fully saturated rings. The zero-order valence-electron chi connectivity index (χ0n) is 15.5. The maximum atomic E-state index is 11.5. The molecular weight excluding hydrogens is 334 g/mol. The lowest BCUT2D eigenvalue weighted by Crippen LogP contribution is -2.34. The van der Waals surface area contributed by atoms with Crippen LogP contribution >= 0.6 is 0 Å². The van der Waals surface area contributed by atoms with Crippen molar-refractivity contribution in [2.75, 3.05) is 20.3 Å². The largest absolute Gasteiger partial charge is 0.504 e. The molecule has 140 valence electrons. The Kier molecular flexibility index (Phi) is 6.33. The molecule has 2 aromatic carbocycles. The van der Waals surface area contributed by atoms with Gasteiger partial charge in [-0.1, -0.05) is 24.3 Å². The van der Waals surface area contributed by atoms with Crippen molar-refractivity contribution in [3.63, 3.8) is 0 Å². The smallest absolute Gasteiger partial charge is 0.407 e. The van der Waals surface area contributed by atoms with Crippen molar-refractivity contribution in [2.45, 2.75) is 26.4 Å². The Bertz CT molecular complexity index is 752. The third-order valence-corrected chi connectivity index (χ3v) is 3.40. The Morgan fingerprint density at radius 3 is 2.50 bits per heavy atom. The van der Waals surface area contributed by atoms with E-state index in [4.69, 9.17) is 14.2 Å². The van der Waals surface area contributed by atoms with E-state index in [0.717, 1.165) is 16.9 Å². The molecule has 0 spiro atoms. The fourth-order valence-electron chi connectivity index (χ4n) is 2.32. The van der Waals surface area contributed by atoms with Crippen molar-refractivity contribution in [2.24, 2.45) is 0 Å². The fourth-order valence-corrected chi connectivity index (χ4v) is 2.32. The Balaban J connectivity index is 1.93. The summed E-state index contributed by atoms with van der Waals surface area (Å²) in [7, 11) is 1.60. The predicted octanol–water partition coefficient (Wildman–Crippen LogP) is 3.97. The first-order valence-corrected chi connectivity index (χ1v) is 8.36. The van der Waals surface area contributed by atoms with Crippen molar-refractivity contribution in [3.05, 3.63) is 42.5 Å². The molecule has 0 unspecified atom stereocenters. The SMILES string of the molecule is COc1ccccc1-c1ccc(OCCNC(=O)OC(C)(C)C)c(O)c1. The van der Waals surface area contributed by atoms with Gasteiger partial charge in [-0.2, -0.15) is 0 Å². The number of methoxy groups -OCH3 is 1. The molecule has 0 atom stereocenters. The molecule has 1 amide bonds. The summed E-state index contributed by atoms with van der Waals surface area (Å²) in [6.07, 6.45) is -0.503. The van der Waals surface area contributed by atoms with Crippen LogP contribution in [0.25, 0.3) is 11.1 Å². The third kappa shape index (κ3) is 5.58. The molecule has 0 heterocycles. The van der Waals surface area contributed by atoms with E-state index >= 15 is 0 Å². The number of rotatable bonds is 6. The number of carbonyl (C=O) groups is 1. The Morgan fingerprint density at radius 2 is 1.85 bits per heavy atom. The van der Waals surface area contributed by atoms with Crippen LogP contribution in [0.2, 0.25) is 0 Å². The number of hydrogen-bond acceptors (Lipinski definition) is 5. The van der Waals surface area contributed by atoms with Crippen LogP contribution in [0.1, 0.15) is 20.8 Å². The van der Waals surface area contributed by atoms with E-state index in [-0.39, 0.29) is 18.9 Å². The van der Waals surface area contributed by atoms with E-state index in [2.05, 4.69) is 5.32 Å². The van der Waals surface area contributed by atoms with Crippen LogP contribution in [0.3, 0.4) is 0 Å². The molecule has 0 saturated carbocycles. The summed E-state index contributed by atoms with van der Waals surface area (Å²) in [6.45, 7) is 5.86. The van der Waals surface area contributed by atoms with E-state index in [1.54, 1.807) is 40.0 Å². The van der Waals surface area contributed by atoms with Crippen molar-refractivity contribution in [1.82, 2.24) is 5.32 Å². The van der Waals surface area contributed by atoms with Crippen LogP contribution in [0.4, 0.5) is 4.79 Å². The molecule has 26 heavy (non-hydrogen) atoms. The number of amides is 1. The van der Waals surface area contributed by atoms with Crippen LogP contribution < -0.4 is 14.8 Å². The second-order valence-electron chi connectivity index (χ2n) is 6.66. The van der Waals surface area contributed by atoms with Crippen LogP contribution in [-0.2, 0) is 4.74 Å². The molecule has 0 bridgehead atoms. The van der Waals surface area contributed by atoms with Gasteiger partial charge in [-0.25, -0.2) is 4.79 Å². The molecule has 0 aliphatic rings. The van der Waals surface area contributed by atoms with Gasteiger partial charge >= 0.3 is 6.09 Å². The number of nitrogens with one attached hydrogen (secondary N) is 1. The van der Waals surface area contributed by atoms with Gasteiger partial charge in [0.25, 0.3) is 0 Å². The molecule has 2 N–H and O–H groups in total. The van der Waals surface area contributed by atoms with E-state index in [1.165, 1.54) is 0 Å². The van der Waals surface area contributed by atoms with Crippen molar-refractivity contribution in [3.8, 4) is 28.4 Å². The van der Waals surface area contributed by atoms with Crippen LogP contribution in [0, 0.1) is 0 Å². The van der Waals surface area contributed by atoms with Gasteiger partial charge in [-0.15, -0.1) is 0 Å². The van der Waals surface area contributed by atoms with Gasteiger partial charge in [0.15, 0.2) is 11.5 Å².